The summed E-state index contributed by atoms with van der Waals surface area (Å²) < 4.78 is 13.8. The number of para-hydroxylation sites is 1. The van der Waals surface area contributed by atoms with Crippen LogP contribution in [0.2, 0.25) is 0 Å². The average Bonchev–Trinajstić information content (AvgIpc) is 2.44. The van der Waals surface area contributed by atoms with E-state index in [9.17, 15) is 9.18 Å². The Hall–Kier alpha value is -1.42. The highest BCUT2D eigenvalue weighted by Crippen LogP contribution is 2.23. The van der Waals surface area contributed by atoms with Crippen molar-refractivity contribution in [3.8, 4) is 0 Å². The Bertz CT molecular complexity index is 464. The fourth-order valence-electron chi connectivity index (χ4n) is 2.84. The zero-order valence-electron chi connectivity index (χ0n) is 12.2. The molecule has 1 amide bonds. The van der Waals surface area contributed by atoms with E-state index in [1.54, 1.807) is 23.1 Å². The molecule has 0 radical (unpaired) electrons. The summed E-state index contributed by atoms with van der Waals surface area (Å²) in [5.41, 5.74) is 0.378. The van der Waals surface area contributed by atoms with Crippen molar-refractivity contribution in [1.29, 1.82) is 0 Å². The Balaban J connectivity index is 2.08. The molecular formula is C16H23FN2O. The highest BCUT2D eigenvalue weighted by Gasteiger charge is 2.26. The Morgan fingerprint density at radius 1 is 1.45 bits per heavy atom. The Morgan fingerprint density at radius 2 is 2.20 bits per heavy atom. The maximum atomic E-state index is 13.8. The van der Waals surface area contributed by atoms with Gasteiger partial charge in [0.15, 0.2) is 0 Å². The number of piperidine rings is 1. The molecule has 1 N–H and O–H groups in total. The number of rotatable bonds is 4. The Morgan fingerprint density at radius 3 is 2.85 bits per heavy atom. The number of nitrogens with zero attached hydrogens (tertiary/aromatic N) is 1. The summed E-state index contributed by atoms with van der Waals surface area (Å²) in [6.07, 6.45) is 2.75. The van der Waals surface area contributed by atoms with Crippen molar-refractivity contribution < 1.29 is 9.18 Å². The van der Waals surface area contributed by atoms with E-state index in [2.05, 4.69) is 12.2 Å². The minimum atomic E-state index is -0.340. The second kappa shape index (κ2) is 6.84. The molecule has 4 heteroatoms. The van der Waals surface area contributed by atoms with Crippen LogP contribution in [0, 0.1) is 11.7 Å². The summed E-state index contributed by atoms with van der Waals surface area (Å²) in [6.45, 7) is 5.50. The van der Waals surface area contributed by atoms with Crippen molar-refractivity contribution in [2.45, 2.75) is 39.2 Å². The average molecular weight is 278 g/mol. The van der Waals surface area contributed by atoms with Gasteiger partial charge in [0.2, 0.25) is 5.91 Å². The molecular weight excluding hydrogens is 255 g/mol. The topological polar surface area (TPSA) is 32.3 Å². The van der Waals surface area contributed by atoms with Crippen LogP contribution in [0.5, 0.6) is 0 Å². The number of hydrogen-bond acceptors (Lipinski definition) is 2. The van der Waals surface area contributed by atoms with E-state index >= 15 is 0 Å². The van der Waals surface area contributed by atoms with Gasteiger partial charge in [-0.3, -0.25) is 4.79 Å². The molecule has 0 saturated carbocycles. The third-order valence-electron chi connectivity index (χ3n) is 4.08. The molecule has 1 aromatic rings. The first-order valence-corrected chi connectivity index (χ1v) is 7.41. The molecule has 1 saturated heterocycles. The Labute approximate surface area is 120 Å². The third kappa shape index (κ3) is 3.37. The molecule has 2 atom stereocenters. The predicted octanol–water partition coefficient (Wildman–Crippen LogP) is 2.96. The second-order valence-electron chi connectivity index (χ2n) is 5.47. The number of anilines is 1. The normalized spacial score (nSPS) is 22.6. The highest BCUT2D eigenvalue weighted by atomic mass is 19.1. The van der Waals surface area contributed by atoms with Crippen LogP contribution in [-0.2, 0) is 4.79 Å². The van der Waals surface area contributed by atoms with Crippen LogP contribution in [0.25, 0.3) is 0 Å². The van der Waals surface area contributed by atoms with Gasteiger partial charge in [-0.1, -0.05) is 19.1 Å². The van der Waals surface area contributed by atoms with E-state index in [-0.39, 0.29) is 17.8 Å². The molecule has 2 rings (SSSR count). The lowest BCUT2D eigenvalue weighted by Gasteiger charge is -2.31. The molecule has 1 aliphatic rings. The highest BCUT2D eigenvalue weighted by molar-refractivity contribution is 5.93. The van der Waals surface area contributed by atoms with Gasteiger partial charge in [-0.25, -0.2) is 4.39 Å². The number of benzene rings is 1. The van der Waals surface area contributed by atoms with E-state index in [1.807, 2.05) is 6.92 Å². The first-order chi connectivity index (χ1) is 9.63. The largest absolute Gasteiger partial charge is 0.313 e. The van der Waals surface area contributed by atoms with Crippen LogP contribution in [0.3, 0.4) is 0 Å². The van der Waals surface area contributed by atoms with Crippen molar-refractivity contribution in [2.75, 3.05) is 18.0 Å². The van der Waals surface area contributed by atoms with Gasteiger partial charge in [0, 0.05) is 19.0 Å². The molecule has 110 valence electrons. The van der Waals surface area contributed by atoms with Crippen molar-refractivity contribution >= 4 is 11.6 Å². The van der Waals surface area contributed by atoms with Crippen LogP contribution in [0.15, 0.2) is 24.3 Å². The lowest BCUT2D eigenvalue weighted by molar-refractivity contribution is -0.119. The molecule has 1 heterocycles. The zero-order valence-corrected chi connectivity index (χ0v) is 12.2. The number of amides is 1. The van der Waals surface area contributed by atoms with E-state index in [0.29, 0.717) is 24.6 Å². The maximum absolute atomic E-state index is 13.8. The van der Waals surface area contributed by atoms with Gasteiger partial charge >= 0.3 is 0 Å². The lowest BCUT2D eigenvalue weighted by Crippen LogP contribution is -2.44. The molecule has 1 aromatic carbocycles. The van der Waals surface area contributed by atoms with Gasteiger partial charge in [-0.2, -0.15) is 0 Å². The quantitative estimate of drug-likeness (QED) is 0.918. The third-order valence-corrected chi connectivity index (χ3v) is 4.08. The molecule has 0 spiro atoms. The van der Waals surface area contributed by atoms with Crippen molar-refractivity contribution in [3.05, 3.63) is 30.1 Å². The summed E-state index contributed by atoms with van der Waals surface area (Å²) in [4.78, 5) is 14.0. The minimum absolute atomic E-state index is 0.0103. The van der Waals surface area contributed by atoms with Gasteiger partial charge in [0.1, 0.15) is 5.82 Å². The molecule has 2 unspecified atom stereocenters. The van der Waals surface area contributed by atoms with Gasteiger partial charge in [0.25, 0.3) is 0 Å². The maximum Gasteiger partial charge on any atom is 0.228 e. The van der Waals surface area contributed by atoms with Crippen LogP contribution in [0.4, 0.5) is 10.1 Å². The SMILES string of the molecule is CCN(C(=O)CC1NCCCC1C)c1ccccc1F. The summed E-state index contributed by atoms with van der Waals surface area (Å²) in [6, 6.07) is 6.66. The first-order valence-electron chi connectivity index (χ1n) is 7.41. The van der Waals surface area contributed by atoms with E-state index in [1.165, 1.54) is 6.07 Å². The standard InChI is InChI=1S/C16H23FN2O/c1-3-19(15-9-5-4-8-13(15)17)16(20)11-14-12(2)7-6-10-18-14/h4-5,8-9,12,14,18H,3,6-7,10-11H2,1-2H3. The molecule has 3 nitrogen and oxygen atoms in total. The Kier molecular flexibility index (Phi) is 5.12. The van der Waals surface area contributed by atoms with Crippen LogP contribution in [0.1, 0.15) is 33.1 Å². The molecule has 1 fully saturated rings. The van der Waals surface area contributed by atoms with E-state index < -0.39 is 0 Å². The second-order valence-corrected chi connectivity index (χ2v) is 5.47. The van der Waals surface area contributed by atoms with E-state index in [0.717, 1.165) is 19.4 Å². The number of nitrogens with one attached hydrogen (secondary N) is 1. The van der Waals surface area contributed by atoms with Crippen molar-refractivity contribution in [2.24, 2.45) is 5.92 Å². The molecule has 0 bridgehead atoms. The lowest BCUT2D eigenvalue weighted by atomic mass is 9.90. The fraction of sp³-hybridized carbons (Fsp3) is 0.562. The van der Waals surface area contributed by atoms with Crippen molar-refractivity contribution in [1.82, 2.24) is 5.32 Å². The summed E-state index contributed by atoms with van der Waals surface area (Å²) in [5, 5.41) is 3.40. The predicted molar refractivity (Wildman–Crippen MR) is 79.2 cm³/mol. The molecule has 0 aliphatic carbocycles. The monoisotopic (exact) mass is 278 g/mol. The molecule has 1 aliphatic heterocycles. The zero-order chi connectivity index (χ0) is 14.5. The summed E-state index contributed by atoms with van der Waals surface area (Å²) in [5.74, 6) is 0.142. The van der Waals surface area contributed by atoms with Gasteiger partial charge < -0.3 is 10.2 Å². The van der Waals surface area contributed by atoms with Gasteiger partial charge in [-0.15, -0.1) is 0 Å². The number of carbonyl (C=O) groups excluding carboxylic acids is 1. The first kappa shape index (κ1) is 15.0. The molecule has 20 heavy (non-hydrogen) atoms. The summed E-state index contributed by atoms with van der Waals surface area (Å²) >= 11 is 0. The van der Waals surface area contributed by atoms with E-state index in [4.69, 9.17) is 0 Å². The van der Waals surface area contributed by atoms with Crippen LogP contribution in [-0.4, -0.2) is 25.0 Å². The van der Waals surface area contributed by atoms with Gasteiger partial charge in [0.05, 0.1) is 5.69 Å². The minimum Gasteiger partial charge on any atom is -0.313 e. The van der Waals surface area contributed by atoms with Crippen molar-refractivity contribution in [3.63, 3.8) is 0 Å². The smallest absolute Gasteiger partial charge is 0.228 e. The number of carbonyl (C=O) groups is 1. The number of hydrogen-bond donors (Lipinski definition) is 1. The van der Waals surface area contributed by atoms with Gasteiger partial charge in [-0.05, 0) is 44.4 Å². The molecule has 0 aromatic heterocycles. The van der Waals surface area contributed by atoms with Crippen LogP contribution >= 0.6 is 0 Å². The van der Waals surface area contributed by atoms with Crippen LogP contribution < -0.4 is 10.2 Å². The number of halogens is 1. The fourth-order valence-corrected chi connectivity index (χ4v) is 2.84. The summed E-state index contributed by atoms with van der Waals surface area (Å²) in [7, 11) is 0.